The summed E-state index contributed by atoms with van der Waals surface area (Å²) in [6.07, 6.45) is 1.55. The van der Waals surface area contributed by atoms with E-state index in [1.807, 2.05) is 30.3 Å². The van der Waals surface area contributed by atoms with Gasteiger partial charge in [0.15, 0.2) is 5.78 Å². The summed E-state index contributed by atoms with van der Waals surface area (Å²) in [5.41, 5.74) is -0.512. The van der Waals surface area contributed by atoms with E-state index in [2.05, 4.69) is 15.9 Å². The molecule has 0 aliphatic rings. The number of carbonyl (C=O) groups is 1. The summed E-state index contributed by atoms with van der Waals surface area (Å²) in [7, 11) is 0. The minimum atomic E-state index is -0.787. The molecule has 1 aromatic heterocycles. The molecule has 0 fully saturated rings. The molecule has 0 aliphatic heterocycles. The molecule has 1 heterocycles. The van der Waals surface area contributed by atoms with Gasteiger partial charge in [-0.15, -0.1) is 0 Å². The van der Waals surface area contributed by atoms with Crippen molar-refractivity contribution >= 4 is 27.4 Å². The van der Waals surface area contributed by atoms with Crippen LogP contribution in [0, 0.1) is 10.1 Å². The number of ketones is 1. The highest BCUT2D eigenvalue weighted by Gasteiger charge is 2.17. The highest BCUT2D eigenvalue weighted by atomic mass is 79.9. The SMILES string of the molecule is O=C(Cc1ccccc1)Cn1cc(Br)cc([N+](=O)[O-])c1=O. The van der Waals surface area contributed by atoms with Crippen LogP contribution >= 0.6 is 15.9 Å². The normalized spacial score (nSPS) is 10.3. The van der Waals surface area contributed by atoms with Crippen molar-refractivity contribution in [3.63, 3.8) is 0 Å². The fraction of sp³-hybridized carbons (Fsp3) is 0.143. The van der Waals surface area contributed by atoms with Gasteiger partial charge in [0, 0.05) is 23.2 Å². The van der Waals surface area contributed by atoms with Crippen LogP contribution in [0.15, 0.2) is 51.9 Å². The van der Waals surface area contributed by atoms with Gasteiger partial charge >= 0.3 is 11.2 Å². The molecule has 0 saturated heterocycles. The fourth-order valence-corrected chi connectivity index (χ4v) is 2.37. The van der Waals surface area contributed by atoms with Crippen molar-refractivity contribution in [2.45, 2.75) is 13.0 Å². The van der Waals surface area contributed by atoms with E-state index in [1.165, 1.54) is 6.20 Å². The van der Waals surface area contributed by atoms with Gasteiger partial charge < -0.3 is 4.57 Å². The van der Waals surface area contributed by atoms with E-state index in [4.69, 9.17) is 0 Å². The minimum Gasteiger partial charge on any atom is -0.301 e. The third-order valence-electron chi connectivity index (χ3n) is 2.82. The Balaban J connectivity index is 2.22. The van der Waals surface area contributed by atoms with Gasteiger partial charge in [-0.2, -0.15) is 0 Å². The summed E-state index contributed by atoms with van der Waals surface area (Å²) in [5, 5.41) is 10.8. The van der Waals surface area contributed by atoms with Crippen molar-refractivity contribution in [1.29, 1.82) is 0 Å². The van der Waals surface area contributed by atoms with Crippen molar-refractivity contribution in [3.05, 3.63) is 73.1 Å². The standard InChI is InChI=1S/C14H11BrN2O4/c15-11-7-13(17(20)21)14(19)16(8-11)9-12(18)6-10-4-2-1-3-5-10/h1-5,7-8H,6,9H2. The molecule has 0 atom stereocenters. The lowest BCUT2D eigenvalue weighted by Crippen LogP contribution is -2.26. The molecule has 0 N–H and O–H groups in total. The highest BCUT2D eigenvalue weighted by molar-refractivity contribution is 9.10. The Morgan fingerprint density at radius 1 is 1.29 bits per heavy atom. The zero-order chi connectivity index (χ0) is 15.4. The van der Waals surface area contributed by atoms with Gasteiger partial charge in [-0.25, -0.2) is 0 Å². The summed E-state index contributed by atoms with van der Waals surface area (Å²) < 4.78 is 1.43. The number of rotatable bonds is 5. The zero-order valence-corrected chi connectivity index (χ0v) is 12.4. The smallest absolute Gasteiger partial charge is 0.301 e. The van der Waals surface area contributed by atoms with Crippen LogP contribution in [0.5, 0.6) is 0 Å². The molecular weight excluding hydrogens is 340 g/mol. The molecule has 0 aliphatic carbocycles. The Kier molecular flexibility index (Phi) is 4.64. The molecule has 0 unspecified atom stereocenters. The topological polar surface area (TPSA) is 82.2 Å². The quantitative estimate of drug-likeness (QED) is 0.612. The van der Waals surface area contributed by atoms with Gasteiger partial charge in [0.05, 0.1) is 11.5 Å². The number of pyridine rings is 1. The molecule has 0 spiro atoms. The second-order valence-corrected chi connectivity index (χ2v) is 5.35. The Bertz CT molecular complexity index is 740. The van der Waals surface area contributed by atoms with Crippen LogP contribution in [0.1, 0.15) is 5.56 Å². The van der Waals surface area contributed by atoms with Gasteiger partial charge in [-0.05, 0) is 21.5 Å². The van der Waals surface area contributed by atoms with Crippen molar-refractivity contribution < 1.29 is 9.72 Å². The van der Waals surface area contributed by atoms with Gasteiger partial charge in [0.25, 0.3) is 0 Å². The second kappa shape index (κ2) is 6.45. The average molecular weight is 351 g/mol. The third kappa shape index (κ3) is 3.85. The average Bonchev–Trinajstić information content (AvgIpc) is 2.43. The Hall–Kier alpha value is -2.28. The van der Waals surface area contributed by atoms with Crippen LogP contribution < -0.4 is 5.56 Å². The van der Waals surface area contributed by atoms with E-state index >= 15 is 0 Å². The maximum Gasteiger partial charge on any atom is 0.335 e. The number of benzene rings is 1. The monoisotopic (exact) mass is 350 g/mol. The molecule has 2 rings (SSSR count). The zero-order valence-electron chi connectivity index (χ0n) is 10.9. The lowest BCUT2D eigenvalue weighted by atomic mass is 10.1. The molecule has 0 radical (unpaired) electrons. The molecule has 108 valence electrons. The number of hydrogen-bond donors (Lipinski definition) is 0. The van der Waals surface area contributed by atoms with E-state index < -0.39 is 16.2 Å². The van der Waals surface area contributed by atoms with E-state index in [9.17, 15) is 19.7 Å². The van der Waals surface area contributed by atoms with Crippen molar-refractivity contribution in [3.8, 4) is 0 Å². The summed E-state index contributed by atoms with van der Waals surface area (Å²) in [6.45, 7) is -0.200. The van der Waals surface area contributed by atoms with Crippen LogP contribution in [0.4, 0.5) is 5.69 Å². The lowest BCUT2D eigenvalue weighted by molar-refractivity contribution is -0.386. The van der Waals surface area contributed by atoms with Gasteiger partial charge in [-0.3, -0.25) is 19.7 Å². The van der Waals surface area contributed by atoms with Crippen LogP contribution in [-0.4, -0.2) is 15.3 Å². The molecule has 1 aromatic carbocycles. The number of nitro groups is 1. The van der Waals surface area contributed by atoms with E-state index in [0.717, 1.165) is 16.2 Å². The second-order valence-electron chi connectivity index (χ2n) is 4.43. The van der Waals surface area contributed by atoms with Crippen LogP contribution in [0.25, 0.3) is 0 Å². The first kappa shape index (κ1) is 15.1. The van der Waals surface area contributed by atoms with E-state index in [-0.39, 0.29) is 18.7 Å². The van der Waals surface area contributed by atoms with Crippen molar-refractivity contribution in [1.82, 2.24) is 4.57 Å². The summed E-state index contributed by atoms with van der Waals surface area (Å²) in [4.78, 5) is 33.9. The Morgan fingerprint density at radius 3 is 2.57 bits per heavy atom. The molecule has 0 bridgehead atoms. The maximum absolute atomic E-state index is 12.0. The Morgan fingerprint density at radius 2 is 1.95 bits per heavy atom. The molecular formula is C14H11BrN2O4. The first-order valence-corrected chi connectivity index (χ1v) is 6.86. The predicted molar refractivity (Wildman–Crippen MR) is 80.2 cm³/mol. The van der Waals surface area contributed by atoms with Crippen molar-refractivity contribution in [2.24, 2.45) is 0 Å². The number of Topliss-reactive ketones (excluding diaryl/α,β-unsaturated/α-hetero) is 1. The summed E-state index contributed by atoms with van der Waals surface area (Å²) >= 11 is 3.10. The largest absolute Gasteiger partial charge is 0.335 e. The lowest BCUT2D eigenvalue weighted by Gasteiger charge is -2.06. The summed E-state index contributed by atoms with van der Waals surface area (Å²) in [5.74, 6) is -0.198. The van der Waals surface area contributed by atoms with Crippen molar-refractivity contribution in [2.75, 3.05) is 0 Å². The molecule has 0 saturated carbocycles. The number of hydrogen-bond acceptors (Lipinski definition) is 4. The molecule has 21 heavy (non-hydrogen) atoms. The molecule has 2 aromatic rings. The Labute approximate surface area is 128 Å². The fourth-order valence-electron chi connectivity index (χ4n) is 1.90. The highest BCUT2D eigenvalue weighted by Crippen LogP contribution is 2.14. The predicted octanol–water partition coefficient (Wildman–Crippen LogP) is 2.33. The number of carbonyl (C=O) groups excluding carboxylic acids is 1. The maximum atomic E-state index is 12.0. The van der Waals surface area contributed by atoms with E-state index in [1.54, 1.807) is 0 Å². The molecule has 0 amide bonds. The first-order valence-electron chi connectivity index (χ1n) is 6.07. The number of halogens is 1. The molecule has 6 nitrogen and oxygen atoms in total. The number of nitrogens with zero attached hydrogens (tertiary/aromatic N) is 2. The van der Waals surface area contributed by atoms with Crippen LogP contribution in [0.2, 0.25) is 0 Å². The van der Waals surface area contributed by atoms with Crippen LogP contribution in [0.3, 0.4) is 0 Å². The van der Waals surface area contributed by atoms with Gasteiger partial charge in [0.1, 0.15) is 0 Å². The first-order chi connectivity index (χ1) is 9.97. The van der Waals surface area contributed by atoms with Crippen LogP contribution in [-0.2, 0) is 17.8 Å². The van der Waals surface area contributed by atoms with E-state index in [0.29, 0.717) is 4.47 Å². The molecule has 7 heteroatoms. The third-order valence-corrected chi connectivity index (χ3v) is 3.25. The van der Waals surface area contributed by atoms with Gasteiger partial charge in [0.2, 0.25) is 0 Å². The minimum absolute atomic E-state index is 0.174. The number of aromatic nitrogens is 1. The van der Waals surface area contributed by atoms with Gasteiger partial charge in [-0.1, -0.05) is 30.3 Å². The summed E-state index contributed by atoms with van der Waals surface area (Å²) in [6, 6.07) is 10.2.